The predicted molar refractivity (Wildman–Crippen MR) is 118 cm³/mol. The van der Waals surface area contributed by atoms with Crippen molar-refractivity contribution < 1.29 is 14.3 Å². The summed E-state index contributed by atoms with van der Waals surface area (Å²) >= 11 is 0. The van der Waals surface area contributed by atoms with Crippen molar-refractivity contribution in [2.45, 2.75) is 19.8 Å². The second kappa shape index (κ2) is 8.78. The number of esters is 1. The molecule has 150 valence electrons. The molecule has 4 aromatic rings. The van der Waals surface area contributed by atoms with Crippen LogP contribution in [-0.2, 0) is 4.74 Å². The third-order valence-corrected chi connectivity index (χ3v) is 5.09. The Kier molecular flexibility index (Phi) is 5.75. The first-order valence-corrected chi connectivity index (χ1v) is 10.2. The fourth-order valence-corrected chi connectivity index (χ4v) is 3.63. The quantitative estimate of drug-likeness (QED) is 0.225. The summed E-state index contributed by atoms with van der Waals surface area (Å²) in [6.45, 7) is 2.41. The second-order valence-electron chi connectivity index (χ2n) is 7.11. The molecule has 0 amide bonds. The van der Waals surface area contributed by atoms with E-state index in [1.54, 1.807) is 16.5 Å². The van der Waals surface area contributed by atoms with E-state index in [1.807, 2.05) is 79.9 Å². The summed E-state index contributed by atoms with van der Waals surface area (Å²) in [7, 11) is 0. The summed E-state index contributed by atoms with van der Waals surface area (Å²) in [6.07, 6.45) is 3.56. The van der Waals surface area contributed by atoms with Gasteiger partial charge in [0.2, 0.25) is 5.78 Å². The number of carbonyl (C=O) groups is 2. The lowest BCUT2D eigenvalue weighted by atomic mass is 9.96. The van der Waals surface area contributed by atoms with Crippen molar-refractivity contribution in [1.82, 2.24) is 4.40 Å². The molecule has 4 nitrogen and oxygen atoms in total. The number of rotatable bonds is 7. The topological polar surface area (TPSA) is 47.8 Å². The van der Waals surface area contributed by atoms with Gasteiger partial charge in [-0.25, -0.2) is 4.79 Å². The highest BCUT2D eigenvalue weighted by molar-refractivity contribution is 6.18. The molecule has 0 saturated heterocycles. The molecule has 2 heterocycles. The van der Waals surface area contributed by atoms with Crippen LogP contribution in [0.4, 0.5) is 0 Å². The second-order valence-corrected chi connectivity index (χ2v) is 7.11. The molecule has 30 heavy (non-hydrogen) atoms. The zero-order valence-corrected chi connectivity index (χ0v) is 16.9. The summed E-state index contributed by atoms with van der Waals surface area (Å²) < 4.78 is 7.37. The normalized spacial score (nSPS) is 10.8. The van der Waals surface area contributed by atoms with Gasteiger partial charge in [0, 0.05) is 17.3 Å². The number of ether oxygens (including phenoxy) is 1. The van der Waals surface area contributed by atoms with E-state index in [1.165, 1.54) is 0 Å². The zero-order valence-electron chi connectivity index (χ0n) is 16.9. The van der Waals surface area contributed by atoms with Gasteiger partial charge in [0.25, 0.3) is 0 Å². The average molecular weight is 397 g/mol. The predicted octanol–water partition coefficient (Wildman–Crippen LogP) is 5.79. The molecular formula is C26H23NO3. The lowest BCUT2D eigenvalue weighted by Crippen LogP contribution is -2.09. The molecule has 4 rings (SSSR count). The van der Waals surface area contributed by atoms with Crippen molar-refractivity contribution in [3.63, 3.8) is 0 Å². The molecule has 2 aromatic carbocycles. The van der Waals surface area contributed by atoms with Crippen molar-refractivity contribution in [3.05, 3.63) is 102 Å². The number of hydrogen-bond acceptors (Lipinski definition) is 3. The largest absolute Gasteiger partial charge is 0.462 e. The van der Waals surface area contributed by atoms with Crippen LogP contribution in [0.15, 0.2) is 85.1 Å². The number of aromatic nitrogens is 1. The van der Waals surface area contributed by atoms with Gasteiger partial charge in [-0.1, -0.05) is 80.1 Å². The maximum atomic E-state index is 13.6. The minimum atomic E-state index is -0.405. The Bertz CT molecular complexity index is 1180. The molecule has 0 unspecified atom stereocenters. The molecule has 0 fully saturated rings. The number of ketones is 1. The van der Waals surface area contributed by atoms with E-state index in [-0.39, 0.29) is 5.78 Å². The lowest BCUT2D eigenvalue weighted by molar-refractivity contribution is 0.0503. The number of fused-ring (bicyclic) bond motifs is 1. The van der Waals surface area contributed by atoms with Gasteiger partial charge in [-0.2, -0.15) is 0 Å². The van der Waals surface area contributed by atoms with Crippen LogP contribution >= 0.6 is 0 Å². The Labute approximate surface area is 175 Å². The van der Waals surface area contributed by atoms with Crippen LogP contribution < -0.4 is 0 Å². The maximum Gasteiger partial charge on any atom is 0.340 e. The summed E-state index contributed by atoms with van der Waals surface area (Å²) in [4.78, 5) is 26.7. The number of hydrogen-bond donors (Lipinski definition) is 0. The van der Waals surface area contributed by atoms with Crippen molar-refractivity contribution in [2.75, 3.05) is 6.61 Å². The van der Waals surface area contributed by atoms with E-state index in [4.69, 9.17) is 4.74 Å². The molecule has 0 aliphatic rings. The van der Waals surface area contributed by atoms with Crippen LogP contribution in [0.3, 0.4) is 0 Å². The molecule has 0 radical (unpaired) electrons. The molecule has 0 spiro atoms. The maximum absolute atomic E-state index is 13.6. The van der Waals surface area contributed by atoms with E-state index in [2.05, 4.69) is 0 Å². The van der Waals surface area contributed by atoms with Gasteiger partial charge in [0.15, 0.2) is 0 Å². The first-order chi connectivity index (χ1) is 14.7. The smallest absolute Gasteiger partial charge is 0.340 e. The van der Waals surface area contributed by atoms with Crippen molar-refractivity contribution in [3.8, 4) is 11.1 Å². The number of carbonyl (C=O) groups excluding carboxylic acids is 2. The molecule has 0 bridgehead atoms. The molecular weight excluding hydrogens is 374 g/mol. The van der Waals surface area contributed by atoms with Gasteiger partial charge >= 0.3 is 5.97 Å². The summed E-state index contributed by atoms with van der Waals surface area (Å²) in [6, 6.07) is 24.3. The van der Waals surface area contributed by atoms with Crippen LogP contribution in [0.5, 0.6) is 0 Å². The first-order valence-electron chi connectivity index (χ1n) is 10.2. The van der Waals surface area contributed by atoms with E-state index < -0.39 is 5.97 Å². The Morgan fingerprint density at radius 2 is 1.53 bits per heavy atom. The summed E-state index contributed by atoms with van der Waals surface area (Å²) in [5.41, 5.74) is 3.55. The molecule has 0 aliphatic carbocycles. The highest BCUT2D eigenvalue weighted by Crippen LogP contribution is 2.35. The number of nitrogens with zero attached hydrogens (tertiary/aromatic N) is 1. The van der Waals surface area contributed by atoms with Crippen LogP contribution in [0.25, 0.3) is 16.6 Å². The van der Waals surface area contributed by atoms with Gasteiger partial charge in [0.1, 0.15) is 5.69 Å². The fourth-order valence-electron chi connectivity index (χ4n) is 3.63. The van der Waals surface area contributed by atoms with Crippen LogP contribution in [0, 0.1) is 0 Å². The highest BCUT2D eigenvalue weighted by atomic mass is 16.5. The Balaban J connectivity index is 1.98. The fraction of sp³-hybridized carbons (Fsp3) is 0.154. The Hall–Kier alpha value is -3.66. The molecule has 0 saturated carbocycles. The third kappa shape index (κ3) is 3.64. The Morgan fingerprint density at radius 3 is 2.23 bits per heavy atom. The zero-order chi connectivity index (χ0) is 20.9. The van der Waals surface area contributed by atoms with E-state index in [0.717, 1.165) is 18.4 Å². The van der Waals surface area contributed by atoms with E-state index >= 15 is 0 Å². The average Bonchev–Trinajstić information content (AvgIpc) is 3.15. The van der Waals surface area contributed by atoms with E-state index in [9.17, 15) is 9.59 Å². The van der Waals surface area contributed by atoms with Crippen molar-refractivity contribution in [1.29, 1.82) is 0 Å². The monoisotopic (exact) mass is 397 g/mol. The van der Waals surface area contributed by atoms with Crippen LogP contribution in [-0.4, -0.2) is 22.8 Å². The van der Waals surface area contributed by atoms with Crippen LogP contribution in [0.2, 0.25) is 0 Å². The lowest BCUT2D eigenvalue weighted by Gasteiger charge is -2.09. The highest BCUT2D eigenvalue weighted by Gasteiger charge is 2.29. The molecule has 2 aromatic heterocycles. The minimum Gasteiger partial charge on any atom is -0.462 e. The number of pyridine rings is 1. The molecule has 4 heteroatoms. The molecule has 0 aliphatic heterocycles. The van der Waals surface area contributed by atoms with Gasteiger partial charge < -0.3 is 9.14 Å². The standard InChI is InChI=1S/C26H23NO3/c1-2-3-18-30-26(29)23-21-16-10-11-17-27(21)24(22(23)19-12-6-4-7-13-19)25(28)20-14-8-5-9-15-20/h4-17H,2-3,18H2,1H3. The molecule has 0 atom stereocenters. The third-order valence-electron chi connectivity index (χ3n) is 5.09. The van der Waals surface area contributed by atoms with Gasteiger partial charge in [-0.3, -0.25) is 4.79 Å². The summed E-state index contributed by atoms with van der Waals surface area (Å²) in [5.74, 6) is -0.540. The van der Waals surface area contributed by atoms with Crippen molar-refractivity contribution >= 4 is 17.3 Å². The van der Waals surface area contributed by atoms with Gasteiger partial charge in [0.05, 0.1) is 17.7 Å². The number of benzene rings is 2. The SMILES string of the molecule is CCCCOC(=O)c1c(-c2ccccc2)c(C(=O)c2ccccc2)n2ccccc12. The van der Waals surface area contributed by atoms with E-state index in [0.29, 0.717) is 34.5 Å². The minimum absolute atomic E-state index is 0.136. The first kappa shape index (κ1) is 19.6. The van der Waals surface area contributed by atoms with Gasteiger partial charge in [-0.05, 0) is 24.1 Å². The molecule has 0 N–H and O–H groups in total. The van der Waals surface area contributed by atoms with Crippen molar-refractivity contribution in [2.24, 2.45) is 0 Å². The van der Waals surface area contributed by atoms with Crippen LogP contribution in [0.1, 0.15) is 46.2 Å². The Morgan fingerprint density at radius 1 is 0.867 bits per heavy atom. The summed E-state index contributed by atoms with van der Waals surface area (Å²) in [5, 5.41) is 0. The van der Waals surface area contributed by atoms with Gasteiger partial charge in [-0.15, -0.1) is 0 Å². The number of unbranched alkanes of at least 4 members (excludes halogenated alkanes) is 1.